The normalized spacial score (nSPS) is 11.6. The van der Waals surface area contributed by atoms with Gasteiger partial charge in [0.05, 0.1) is 26.4 Å². The zero-order valence-electron chi connectivity index (χ0n) is 22.0. The lowest BCUT2D eigenvalue weighted by molar-refractivity contribution is -0.149. The molecule has 11 heteroatoms. The molecule has 0 aromatic carbocycles. The molecule has 0 fully saturated rings. The number of likely N-dealkylation sites (N-methyl/N-ethyl adjacent to an activating group) is 4. The Balaban J connectivity index is 3.74. The van der Waals surface area contributed by atoms with Gasteiger partial charge in [-0.15, -0.1) is 0 Å². The van der Waals surface area contributed by atoms with Gasteiger partial charge in [0.25, 0.3) is 0 Å². The van der Waals surface area contributed by atoms with Crippen LogP contribution in [0.4, 0.5) is 0 Å². The summed E-state index contributed by atoms with van der Waals surface area (Å²) in [5.41, 5.74) is 0. The molecule has 0 aliphatic carbocycles. The highest BCUT2D eigenvalue weighted by Gasteiger charge is 2.16. The topological polar surface area (TPSA) is 101 Å². The summed E-state index contributed by atoms with van der Waals surface area (Å²) in [6, 6.07) is 0. The van der Waals surface area contributed by atoms with E-state index in [1.54, 1.807) is 0 Å². The summed E-state index contributed by atoms with van der Waals surface area (Å²) in [6.07, 6.45) is -0.868. The zero-order valence-corrected chi connectivity index (χ0v) is 22.0. The largest absolute Gasteiger partial charge is 0.464 e. The van der Waals surface area contributed by atoms with Crippen LogP contribution < -0.4 is 0 Å². The molecule has 0 amide bonds. The first kappa shape index (κ1) is 32.4. The van der Waals surface area contributed by atoms with Crippen molar-refractivity contribution < 1.29 is 33.3 Å². The maximum absolute atomic E-state index is 11.9. The van der Waals surface area contributed by atoms with Gasteiger partial charge < -0.3 is 38.5 Å². The summed E-state index contributed by atoms with van der Waals surface area (Å²) in [6.45, 7) is 7.13. The number of ketones is 1. The lowest BCUT2D eigenvalue weighted by Crippen LogP contribution is -2.29. The molecule has 0 atom stereocenters. The number of carbonyl (C=O) groups is 3. The molecule has 0 radical (unpaired) electrons. The minimum absolute atomic E-state index is 0.177. The van der Waals surface area contributed by atoms with Gasteiger partial charge in [0.1, 0.15) is 26.1 Å². The van der Waals surface area contributed by atoms with E-state index >= 15 is 0 Å². The Bertz CT molecular complexity index is 515. The molecular weight excluding hydrogens is 444 g/mol. The molecule has 0 aliphatic heterocycles. The highest BCUT2D eigenvalue weighted by atomic mass is 16.5. The Kier molecular flexibility index (Phi) is 19.7. The zero-order chi connectivity index (χ0) is 25.8. The van der Waals surface area contributed by atoms with Gasteiger partial charge in [0, 0.05) is 39.3 Å². The molecule has 0 unspecified atom stereocenters. The standard InChI is InChI=1S/C23H46N4O7/c1-24(2)7-13-31-15-9-26(5)11-17-33-22(29)19-21(28)20-23(30)34-18-12-27(6)10-16-32-14-8-25(3)4/h7-20H2,1-6H3. The van der Waals surface area contributed by atoms with Crippen LogP contribution in [0.1, 0.15) is 12.8 Å². The average molecular weight is 491 g/mol. The van der Waals surface area contributed by atoms with Crippen molar-refractivity contribution in [1.82, 2.24) is 19.6 Å². The van der Waals surface area contributed by atoms with Gasteiger partial charge >= 0.3 is 11.9 Å². The molecule has 0 N–H and O–H groups in total. The van der Waals surface area contributed by atoms with E-state index in [0.29, 0.717) is 52.6 Å². The van der Waals surface area contributed by atoms with Crippen molar-refractivity contribution in [2.75, 3.05) is 121 Å². The molecule has 0 aliphatic rings. The van der Waals surface area contributed by atoms with E-state index in [2.05, 4.69) is 9.80 Å². The Morgan fingerprint density at radius 1 is 0.500 bits per heavy atom. The molecule has 0 aromatic rings. The average Bonchev–Trinajstić information content (AvgIpc) is 2.72. The van der Waals surface area contributed by atoms with Crippen LogP contribution in [0.25, 0.3) is 0 Å². The van der Waals surface area contributed by atoms with Crippen molar-refractivity contribution in [3.05, 3.63) is 0 Å². The van der Waals surface area contributed by atoms with Crippen LogP contribution in [0.5, 0.6) is 0 Å². The van der Waals surface area contributed by atoms with Gasteiger partial charge in [-0.2, -0.15) is 0 Å². The van der Waals surface area contributed by atoms with E-state index in [0.717, 1.165) is 13.1 Å². The second kappa shape index (κ2) is 20.7. The fourth-order valence-electron chi connectivity index (χ4n) is 2.48. The van der Waals surface area contributed by atoms with E-state index in [4.69, 9.17) is 18.9 Å². The third-order valence-electron chi connectivity index (χ3n) is 4.76. The van der Waals surface area contributed by atoms with E-state index in [1.807, 2.05) is 52.1 Å². The Morgan fingerprint density at radius 2 is 0.824 bits per heavy atom. The monoisotopic (exact) mass is 490 g/mol. The summed E-state index contributed by atoms with van der Waals surface area (Å²) in [5, 5.41) is 0. The minimum atomic E-state index is -0.637. The first-order chi connectivity index (χ1) is 16.1. The number of esters is 2. The lowest BCUT2D eigenvalue weighted by Gasteiger charge is -2.17. The van der Waals surface area contributed by atoms with Crippen molar-refractivity contribution in [2.24, 2.45) is 0 Å². The molecule has 0 heterocycles. The lowest BCUT2D eigenvalue weighted by atomic mass is 10.2. The second-order valence-corrected chi connectivity index (χ2v) is 8.77. The molecule has 0 saturated heterocycles. The molecule has 34 heavy (non-hydrogen) atoms. The van der Waals surface area contributed by atoms with Crippen LogP contribution in [-0.2, 0) is 33.3 Å². The van der Waals surface area contributed by atoms with Crippen molar-refractivity contribution in [3.8, 4) is 0 Å². The summed E-state index contributed by atoms with van der Waals surface area (Å²) >= 11 is 0. The van der Waals surface area contributed by atoms with E-state index in [1.165, 1.54) is 0 Å². The molecule has 11 nitrogen and oxygen atoms in total. The SMILES string of the molecule is CN(C)CCOCCN(C)CCOC(=O)CC(=O)CC(=O)OCCN(C)CCOCCN(C)C. The van der Waals surface area contributed by atoms with E-state index in [9.17, 15) is 14.4 Å². The first-order valence-electron chi connectivity index (χ1n) is 11.7. The van der Waals surface area contributed by atoms with Gasteiger partial charge in [-0.05, 0) is 42.3 Å². The van der Waals surface area contributed by atoms with Gasteiger partial charge in [0.2, 0.25) is 0 Å². The number of rotatable bonds is 22. The van der Waals surface area contributed by atoms with Crippen LogP contribution in [-0.4, -0.2) is 159 Å². The summed E-state index contributed by atoms with van der Waals surface area (Å²) < 4.78 is 21.2. The maximum atomic E-state index is 11.9. The molecule has 0 saturated carbocycles. The van der Waals surface area contributed by atoms with Gasteiger partial charge in [-0.3, -0.25) is 14.4 Å². The minimum Gasteiger partial charge on any atom is -0.464 e. The van der Waals surface area contributed by atoms with Crippen LogP contribution in [0.2, 0.25) is 0 Å². The maximum Gasteiger partial charge on any atom is 0.313 e. The highest BCUT2D eigenvalue weighted by molar-refractivity contribution is 6.03. The van der Waals surface area contributed by atoms with Crippen molar-refractivity contribution >= 4 is 17.7 Å². The second-order valence-electron chi connectivity index (χ2n) is 8.77. The van der Waals surface area contributed by atoms with Gasteiger partial charge in [-0.25, -0.2) is 0 Å². The van der Waals surface area contributed by atoms with Gasteiger partial charge in [-0.1, -0.05) is 0 Å². The van der Waals surface area contributed by atoms with Crippen LogP contribution in [0.15, 0.2) is 0 Å². The Morgan fingerprint density at radius 3 is 1.18 bits per heavy atom. The number of hydrogen-bond acceptors (Lipinski definition) is 11. The highest BCUT2D eigenvalue weighted by Crippen LogP contribution is 1.97. The van der Waals surface area contributed by atoms with E-state index < -0.39 is 30.6 Å². The number of ether oxygens (including phenoxy) is 4. The van der Waals surface area contributed by atoms with Crippen molar-refractivity contribution in [1.29, 1.82) is 0 Å². The van der Waals surface area contributed by atoms with Crippen LogP contribution in [0, 0.1) is 0 Å². The number of carbonyl (C=O) groups excluding carboxylic acids is 3. The summed E-state index contributed by atoms with van der Waals surface area (Å²) in [5.74, 6) is -1.79. The number of Topliss-reactive ketones (excluding diaryl/α,β-unsaturated/α-hetero) is 1. The summed E-state index contributed by atoms with van der Waals surface area (Å²) in [7, 11) is 11.8. The predicted molar refractivity (Wildman–Crippen MR) is 130 cm³/mol. The number of hydrogen-bond donors (Lipinski definition) is 0. The van der Waals surface area contributed by atoms with Crippen molar-refractivity contribution in [3.63, 3.8) is 0 Å². The predicted octanol–water partition coefficient (Wildman–Crippen LogP) is -0.558. The molecule has 200 valence electrons. The fraction of sp³-hybridized carbons (Fsp3) is 0.870. The molecule has 0 bridgehead atoms. The smallest absolute Gasteiger partial charge is 0.313 e. The summed E-state index contributed by atoms with van der Waals surface area (Å²) in [4.78, 5) is 43.6. The van der Waals surface area contributed by atoms with Gasteiger partial charge in [0.15, 0.2) is 5.78 Å². The van der Waals surface area contributed by atoms with Crippen LogP contribution in [0.3, 0.4) is 0 Å². The Labute approximate surface area is 205 Å². The molecule has 0 aromatic heterocycles. The molecular formula is C23H46N4O7. The third-order valence-corrected chi connectivity index (χ3v) is 4.76. The quantitative estimate of drug-likeness (QED) is 0.111. The van der Waals surface area contributed by atoms with E-state index in [-0.39, 0.29) is 13.2 Å². The fourth-order valence-corrected chi connectivity index (χ4v) is 2.48. The number of nitrogens with zero attached hydrogens (tertiary/aromatic N) is 4. The molecule has 0 spiro atoms. The Hall–Kier alpha value is -1.63. The van der Waals surface area contributed by atoms with Crippen LogP contribution >= 0.6 is 0 Å². The van der Waals surface area contributed by atoms with Crippen molar-refractivity contribution in [2.45, 2.75) is 12.8 Å². The molecule has 0 rings (SSSR count). The third kappa shape index (κ3) is 22.2. The first-order valence-corrected chi connectivity index (χ1v) is 11.7.